The molecule has 2 N–H and O–H groups in total. The smallest absolute Gasteiger partial charge is 0.251 e. The summed E-state index contributed by atoms with van der Waals surface area (Å²) in [5.41, 5.74) is 3.31. The second kappa shape index (κ2) is 8.62. The van der Waals surface area contributed by atoms with Crippen molar-refractivity contribution in [1.82, 2.24) is 14.9 Å². The van der Waals surface area contributed by atoms with Gasteiger partial charge in [0.25, 0.3) is 5.91 Å². The molecule has 0 spiro atoms. The largest absolute Gasteiger partial charge is 0.493 e. The molecule has 0 fully saturated rings. The van der Waals surface area contributed by atoms with Crippen LogP contribution >= 0.6 is 0 Å². The van der Waals surface area contributed by atoms with Crippen molar-refractivity contribution in [1.29, 1.82) is 0 Å². The fourth-order valence-corrected chi connectivity index (χ4v) is 3.68. The molecule has 0 saturated carbocycles. The molecule has 1 amide bonds. The number of ether oxygens (including phenoxy) is 3. The molecule has 2 heterocycles. The number of nitrogens with zero attached hydrogens (tertiary/aromatic N) is 2. The van der Waals surface area contributed by atoms with E-state index in [1.807, 2.05) is 48.0 Å². The summed E-state index contributed by atoms with van der Waals surface area (Å²) in [4.78, 5) is 17.4. The number of imidazole rings is 1. The van der Waals surface area contributed by atoms with Gasteiger partial charge in [0.15, 0.2) is 11.5 Å². The summed E-state index contributed by atoms with van der Waals surface area (Å²) in [6, 6.07) is 11.2. The van der Waals surface area contributed by atoms with Crippen molar-refractivity contribution in [2.24, 2.45) is 7.05 Å². The Morgan fingerprint density at radius 1 is 1.30 bits per heavy atom. The molecule has 8 heteroatoms. The lowest BCUT2D eigenvalue weighted by atomic mass is 10.0. The molecule has 1 atom stereocenters. The van der Waals surface area contributed by atoms with Crippen LogP contribution in [0.25, 0.3) is 11.0 Å². The number of hydrogen-bond acceptors (Lipinski definition) is 6. The second-order valence-corrected chi connectivity index (χ2v) is 7.25. The zero-order chi connectivity index (χ0) is 21.1. The van der Waals surface area contributed by atoms with Gasteiger partial charge in [-0.25, -0.2) is 4.98 Å². The van der Waals surface area contributed by atoms with Gasteiger partial charge in [-0.05, 0) is 30.7 Å². The number of fused-ring (bicyclic) bond motifs is 2. The zero-order valence-electron chi connectivity index (χ0n) is 17.4. The predicted octanol–water partition coefficient (Wildman–Crippen LogP) is 2.37. The third kappa shape index (κ3) is 3.91. The van der Waals surface area contributed by atoms with Crippen molar-refractivity contribution in [2.75, 3.05) is 39.3 Å². The second-order valence-electron chi connectivity index (χ2n) is 7.25. The Hall–Kier alpha value is -3.26. The summed E-state index contributed by atoms with van der Waals surface area (Å²) in [6.07, 6.45) is 0.692. The summed E-state index contributed by atoms with van der Waals surface area (Å²) in [7, 11) is 5.22. The van der Waals surface area contributed by atoms with Crippen LogP contribution in [0.2, 0.25) is 0 Å². The first-order valence-electron chi connectivity index (χ1n) is 9.89. The molecule has 3 aromatic rings. The predicted molar refractivity (Wildman–Crippen MR) is 115 cm³/mol. The number of anilines is 1. The standard InChI is InChI=1S/C22H26N4O4/c1-26-18-8-7-15(12-17(18)25-22(26)23-9-10-28-2)21(27)24-16-11-14-5-4-6-19(29-3)20(14)30-13-16/h4-8,12,16H,9-11,13H2,1-3H3,(H,23,25)(H,24,27). The van der Waals surface area contributed by atoms with Gasteiger partial charge in [-0.15, -0.1) is 0 Å². The Labute approximate surface area is 175 Å². The summed E-state index contributed by atoms with van der Waals surface area (Å²) in [6.45, 7) is 1.66. The first-order chi connectivity index (χ1) is 14.6. The Morgan fingerprint density at radius 2 is 2.17 bits per heavy atom. The van der Waals surface area contributed by atoms with Gasteiger partial charge in [0.1, 0.15) is 6.61 Å². The van der Waals surface area contributed by atoms with Crippen LogP contribution in [0.4, 0.5) is 5.95 Å². The van der Waals surface area contributed by atoms with E-state index in [1.54, 1.807) is 14.2 Å². The molecule has 0 bridgehead atoms. The minimum absolute atomic E-state index is 0.109. The number of para-hydroxylation sites is 1. The topological polar surface area (TPSA) is 86.6 Å². The number of hydrogen-bond donors (Lipinski definition) is 2. The normalized spacial score (nSPS) is 15.4. The highest BCUT2D eigenvalue weighted by atomic mass is 16.5. The number of methoxy groups -OCH3 is 2. The third-order valence-corrected chi connectivity index (χ3v) is 5.24. The van der Waals surface area contributed by atoms with E-state index in [0.717, 1.165) is 28.3 Å². The minimum Gasteiger partial charge on any atom is -0.493 e. The number of carbonyl (C=O) groups is 1. The summed E-state index contributed by atoms with van der Waals surface area (Å²) in [5, 5.41) is 6.31. The summed E-state index contributed by atoms with van der Waals surface area (Å²) < 4.78 is 18.2. The van der Waals surface area contributed by atoms with Gasteiger partial charge >= 0.3 is 0 Å². The van der Waals surface area contributed by atoms with Crippen LogP contribution in [0, 0.1) is 0 Å². The van der Waals surface area contributed by atoms with E-state index in [-0.39, 0.29) is 11.9 Å². The number of amides is 1. The highest BCUT2D eigenvalue weighted by molar-refractivity contribution is 5.98. The fourth-order valence-electron chi connectivity index (χ4n) is 3.68. The average Bonchev–Trinajstić information content (AvgIpc) is 3.08. The van der Waals surface area contributed by atoms with E-state index in [0.29, 0.717) is 37.5 Å². The Morgan fingerprint density at radius 3 is 2.97 bits per heavy atom. The molecule has 1 aliphatic rings. The maximum Gasteiger partial charge on any atom is 0.251 e. The van der Waals surface area contributed by atoms with Crippen LogP contribution in [-0.2, 0) is 18.2 Å². The van der Waals surface area contributed by atoms with Gasteiger partial charge in [0, 0.05) is 31.8 Å². The Bertz CT molecular complexity index is 1060. The summed E-state index contributed by atoms with van der Waals surface area (Å²) in [5.74, 6) is 2.07. The fraction of sp³-hybridized carbons (Fsp3) is 0.364. The molecule has 1 aliphatic heterocycles. The van der Waals surface area contributed by atoms with Crippen LogP contribution < -0.4 is 20.1 Å². The van der Waals surface area contributed by atoms with Crippen molar-refractivity contribution in [2.45, 2.75) is 12.5 Å². The number of carbonyl (C=O) groups excluding carboxylic acids is 1. The molecule has 0 radical (unpaired) electrons. The van der Waals surface area contributed by atoms with Crippen LogP contribution in [-0.4, -0.2) is 55.5 Å². The quantitative estimate of drug-likeness (QED) is 0.582. The molecule has 1 aromatic heterocycles. The van der Waals surface area contributed by atoms with Gasteiger partial charge in [-0.1, -0.05) is 12.1 Å². The molecule has 8 nitrogen and oxygen atoms in total. The molecule has 0 saturated heterocycles. The Balaban J connectivity index is 1.47. The number of benzene rings is 2. The van der Waals surface area contributed by atoms with E-state index >= 15 is 0 Å². The van der Waals surface area contributed by atoms with Crippen LogP contribution in [0.3, 0.4) is 0 Å². The van der Waals surface area contributed by atoms with E-state index in [1.165, 1.54) is 0 Å². The maximum atomic E-state index is 12.8. The first kappa shape index (κ1) is 20.0. The monoisotopic (exact) mass is 410 g/mol. The molecule has 2 aromatic carbocycles. The van der Waals surface area contributed by atoms with Crippen LogP contribution in [0.1, 0.15) is 15.9 Å². The lowest BCUT2D eigenvalue weighted by Crippen LogP contribution is -2.42. The zero-order valence-corrected chi connectivity index (χ0v) is 17.4. The average molecular weight is 410 g/mol. The molecule has 158 valence electrons. The number of aryl methyl sites for hydroxylation is 1. The van der Waals surface area contributed by atoms with Gasteiger partial charge in [0.2, 0.25) is 5.95 Å². The van der Waals surface area contributed by atoms with E-state index in [4.69, 9.17) is 14.2 Å². The van der Waals surface area contributed by atoms with Crippen molar-refractivity contribution in [3.63, 3.8) is 0 Å². The molecule has 1 unspecified atom stereocenters. The lowest BCUT2D eigenvalue weighted by Gasteiger charge is -2.27. The van der Waals surface area contributed by atoms with Crippen molar-refractivity contribution >= 4 is 22.9 Å². The third-order valence-electron chi connectivity index (χ3n) is 5.24. The molecular formula is C22H26N4O4. The molecule has 4 rings (SSSR count). The minimum atomic E-state index is -0.142. The summed E-state index contributed by atoms with van der Waals surface area (Å²) >= 11 is 0. The maximum absolute atomic E-state index is 12.8. The van der Waals surface area contributed by atoms with Gasteiger partial charge in [-0.2, -0.15) is 0 Å². The van der Waals surface area contributed by atoms with Crippen molar-refractivity contribution in [3.05, 3.63) is 47.5 Å². The number of nitrogens with one attached hydrogen (secondary N) is 2. The molecule has 0 aliphatic carbocycles. The lowest BCUT2D eigenvalue weighted by molar-refractivity contribution is 0.0914. The molecule has 30 heavy (non-hydrogen) atoms. The van der Waals surface area contributed by atoms with Crippen molar-refractivity contribution < 1.29 is 19.0 Å². The van der Waals surface area contributed by atoms with E-state index in [2.05, 4.69) is 15.6 Å². The van der Waals surface area contributed by atoms with Gasteiger partial charge in [-0.3, -0.25) is 4.79 Å². The SMILES string of the molecule is COCCNc1nc2cc(C(=O)NC3COc4c(cccc4OC)C3)ccc2n1C. The Kier molecular flexibility index (Phi) is 5.76. The van der Waals surface area contributed by atoms with Gasteiger partial charge < -0.3 is 29.4 Å². The highest BCUT2D eigenvalue weighted by Crippen LogP contribution is 2.34. The van der Waals surface area contributed by atoms with E-state index < -0.39 is 0 Å². The van der Waals surface area contributed by atoms with E-state index in [9.17, 15) is 4.79 Å². The number of aromatic nitrogens is 2. The molecular weight excluding hydrogens is 384 g/mol. The van der Waals surface area contributed by atoms with Gasteiger partial charge in [0.05, 0.1) is 30.8 Å². The number of rotatable bonds is 7. The van der Waals surface area contributed by atoms with Crippen molar-refractivity contribution in [3.8, 4) is 11.5 Å². The van der Waals surface area contributed by atoms with Crippen LogP contribution in [0.15, 0.2) is 36.4 Å². The first-order valence-corrected chi connectivity index (χ1v) is 9.89. The van der Waals surface area contributed by atoms with Crippen LogP contribution in [0.5, 0.6) is 11.5 Å². The highest BCUT2D eigenvalue weighted by Gasteiger charge is 2.24.